The molecule has 0 atom stereocenters. The van der Waals surface area contributed by atoms with Crippen molar-refractivity contribution in [3.8, 4) is 22.8 Å². The summed E-state index contributed by atoms with van der Waals surface area (Å²) in [6.45, 7) is 0. The first-order valence-corrected chi connectivity index (χ1v) is 11.4. The molecule has 37 heavy (non-hydrogen) atoms. The maximum atomic E-state index is 12.4. The molecule has 4 aromatic rings. The number of halogens is 3. The van der Waals surface area contributed by atoms with E-state index in [-0.39, 0.29) is 5.75 Å². The average molecular weight is 526 g/mol. The van der Waals surface area contributed by atoms with Crippen LogP contribution in [0.3, 0.4) is 0 Å². The van der Waals surface area contributed by atoms with E-state index < -0.39 is 6.36 Å². The number of thiocarbonyl (C=S) groups is 1. The van der Waals surface area contributed by atoms with Crippen LogP contribution in [0.15, 0.2) is 84.2 Å². The van der Waals surface area contributed by atoms with Gasteiger partial charge in [0.25, 0.3) is 0 Å². The molecule has 0 aliphatic heterocycles. The zero-order valence-electron chi connectivity index (χ0n) is 19.8. The molecule has 0 saturated carbocycles. The van der Waals surface area contributed by atoms with Gasteiger partial charge in [-0.15, -0.1) is 18.3 Å². The van der Waals surface area contributed by atoms with Crippen LogP contribution in [0.1, 0.15) is 5.56 Å². The second kappa shape index (κ2) is 11.1. The molecule has 0 amide bonds. The van der Waals surface area contributed by atoms with Crippen LogP contribution in [0.2, 0.25) is 0 Å². The highest BCUT2D eigenvalue weighted by molar-refractivity contribution is 7.78. The summed E-state index contributed by atoms with van der Waals surface area (Å²) in [6.07, 6.45) is -1.57. The highest BCUT2D eigenvalue weighted by Gasteiger charge is 2.31. The van der Waals surface area contributed by atoms with E-state index in [1.54, 1.807) is 11.3 Å². The lowest BCUT2D eigenvalue weighted by atomic mass is 10.1. The maximum Gasteiger partial charge on any atom is 0.573 e. The van der Waals surface area contributed by atoms with E-state index >= 15 is 0 Å². The Morgan fingerprint density at radius 1 is 1.00 bits per heavy atom. The second-order valence-electron chi connectivity index (χ2n) is 7.89. The molecule has 0 bridgehead atoms. The summed E-state index contributed by atoms with van der Waals surface area (Å²) in [4.78, 5) is 6.30. The molecule has 1 heterocycles. The third-order valence-corrected chi connectivity index (χ3v) is 5.19. The van der Waals surface area contributed by atoms with Gasteiger partial charge in [0, 0.05) is 25.3 Å². The minimum atomic E-state index is -4.74. The first-order valence-electron chi connectivity index (χ1n) is 10.9. The number of hydrogen-bond donors (Lipinski definition) is 1. The van der Waals surface area contributed by atoms with Crippen molar-refractivity contribution in [2.75, 3.05) is 24.1 Å². The van der Waals surface area contributed by atoms with Gasteiger partial charge in [-0.05, 0) is 48.0 Å². The third-order valence-electron chi connectivity index (χ3n) is 5.08. The molecule has 1 aromatic heterocycles. The number of benzene rings is 3. The molecule has 4 rings (SSSR count). The molecule has 1 N–H and O–H groups in total. The van der Waals surface area contributed by atoms with Gasteiger partial charge < -0.3 is 9.64 Å². The minimum absolute atomic E-state index is 0.307. The van der Waals surface area contributed by atoms with Gasteiger partial charge in [-0.3, -0.25) is 5.43 Å². The highest BCUT2D eigenvalue weighted by Crippen LogP contribution is 2.24. The van der Waals surface area contributed by atoms with E-state index in [2.05, 4.69) is 25.3 Å². The summed E-state index contributed by atoms with van der Waals surface area (Å²) in [6, 6.07) is 20.6. The number of nitrogens with zero attached hydrogens (tertiary/aromatic N) is 6. The Morgan fingerprint density at radius 3 is 2.35 bits per heavy atom. The number of hydrogen-bond acceptors (Lipinski definition) is 7. The summed E-state index contributed by atoms with van der Waals surface area (Å²) in [7, 11) is 3.92. The van der Waals surface area contributed by atoms with Gasteiger partial charge in [-0.1, -0.05) is 42.5 Å². The standard InChI is InChI=1S/C25H22F3N7OS/c1-33(2)21-4-3-5-22(14-21)35(31-17-37)30-15-18-6-8-19(9-7-18)24-29-16-34(32-24)20-10-12-23(13-11-20)36-25(26,27)28/h3-17H,1-2H3,(H,31,37). The lowest BCUT2D eigenvalue weighted by molar-refractivity contribution is -0.274. The fourth-order valence-electron chi connectivity index (χ4n) is 3.29. The van der Waals surface area contributed by atoms with Crippen LogP contribution in [0, 0.1) is 0 Å². The highest BCUT2D eigenvalue weighted by atomic mass is 32.1. The van der Waals surface area contributed by atoms with Gasteiger partial charge in [0.1, 0.15) is 12.1 Å². The zero-order valence-corrected chi connectivity index (χ0v) is 20.6. The first-order chi connectivity index (χ1) is 17.7. The number of alkyl halides is 3. The summed E-state index contributed by atoms with van der Waals surface area (Å²) in [5.74, 6) is 0.155. The molecule has 190 valence electrons. The number of aromatic nitrogens is 3. The summed E-state index contributed by atoms with van der Waals surface area (Å²) in [5.41, 5.74) is 8.28. The van der Waals surface area contributed by atoms with Crippen molar-refractivity contribution in [1.82, 2.24) is 20.2 Å². The summed E-state index contributed by atoms with van der Waals surface area (Å²) >= 11 is 4.95. The normalized spacial score (nSPS) is 11.4. The fourth-order valence-corrected chi connectivity index (χ4v) is 3.39. The van der Waals surface area contributed by atoms with Crippen LogP contribution in [0.5, 0.6) is 5.75 Å². The SMILES string of the molecule is CN(C)c1cccc(N(N=Cc2ccc(-c3ncn(-c4ccc(OC(F)(F)F)cc4)n3)cc2)NC=S)c1. The lowest BCUT2D eigenvalue weighted by Gasteiger charge is -2.20. The quantitative estimate of drug-likeness (QED) is 0.183. The Bertz CT molecular complexity index is 1370. The largest absolute Gasteiger partial charge is 0.573 e. The molecular formula is C25H22F3N7OS. The molecule has 0 fully saturated rings. The van der Waals surface area contributed by atoms with Crippen molar-refractivity contribution in [2.45, 2.75) is 6.36 Å². The Labute approximate surface area is 216 Å². The van der Waals surface area contributed by atoms with Crippen LogP contribution in [0.4, 0.5) is 24.5 Å². The Kier molecular flexibility index (Phi) is 7.68. The maximum absolute atomic E-state index is 12.4. The van der Waals surface area contributed by atoms with Gasteiger partial charge in [0.05, 0.1) is 23.1 Å². The number of rotatable bonds is 9. The van der Waals surface area contributed by atoms with E-state index in [0.29, 0.717) is 11.5 Å². The molecule has 0 unspecified atom stereocenters. The van der Waals surface area contributed by atoms with Gasteiger partial charge in [-0.2, -0.15) is 10.2 Å². The van der Waals surface area contributed by atoms with Crippen LogP contribution in [-0.4, -0.2) is 46.9 Å². The predicted octanol–water partition coefficient (Wildman–Crippen LogP) is 5.20. The molecule has 12 heteroatoms. The Morgan fingerprint density at radius 2 is 1.70 bits per heavy atom. The molecular weight excluding hydrogens is 503 g/mol. The van der Waals surface area contributed by atoms with Crippen molar-refractivity contribution >= 4 is 35.3 Å². The van der Waals surface area contributed by atoms with Crippen LogP contribution >= 0.6 is 12.2 Å². The number of anilines is 2. The number of hydrazine groups is 1. The summed E-state index contributed by atoms with van der Waals surface area (Å²) < 4.78 is 42.4. The van der Waals surface area contributed by atoms with Crippen LogP contribution in [-0.2, 0) is 0 Å². The van der Waals surface area contributed by atoms with Crippen LogP contribution in [0.25, 0.3) is 17.1 Å². The smallest absolute Gasteiger partial charge is 0.406 e. The van der Waals surface area contributed by atoms with Gasteiger partial charge in [-0.25, -0.2) is 9.67 Å². The van der Waals surface area contributed by atoms with Gasteiger partial charge >= 0.3 is 6.36 Å². The molecule has 0 radical (unpaired) electrons. The number of ether oxygens (including phenoxy) is 1. The van der Waals surface area contributed by atoms with E-state index in [1.165, 1.54) is 40.8 Å². The molecule has 0 spiro atoms. The second-order valence-corrected chi connectivity index (χ2v) is 8.13. The number of nitrogens with one attached hydrogen (secondary N) is 1. The monoisotopic (exact) mass is 525 g/mol. The molecule has 8 nitrogen and oxygen atoms in total. The number of hydrazone groups is 1. The molecule has 0 saturated heterocycles. The van der Waals surface area contributed by atoms with E-state index in [1.807, 2.05) is 67.5 Å². The summed E-state index contributed by atoms with van der Waals surface area (Å²) in [5, 5.41) is 10.5. The van der Waals surface area contributed by atoms with Crippen molar-refractivity contribution < 1.29 is 17.9 Å². The van der Waals surface area contributed by atoms with Crippen LogP contribution < -0.4 is 20.2 Å². The fraction of sp³-hybridized carbons (Fsp3) is 0.120. The van der Waals surface area contributed by atoms with E-state index in [0.717, 1.165) is 22.5 Å². The van der Waals surface area contributed by atoms with Gasteiger partial charge in [0.15, 0.2) is 5.82 Å². The van der Waals surface area contributed by atoms with Gasteiger partial charge in [0.2, 0.25) is 0 Å². The predicted molar refractivity (Wildman–Crippen MR) is 141 cm³/mol. The molecule has 0 aliphatic carbocycles. The first kappa shape index (κ1) is 25.6. The van der Waals surface area contributed by atoms with Crippen molar-refractivity contribution in [3.05, 3.63) is 84.7 Å². The topological polar surface area (TPSA) is 70.8 Å². The molecule has 0 aliphatic rings. The lowest BCUT2D eigenvalue weighted by Crippen LogP contribution is -2.31. The zero-order chi connectivity index (χ0) is 26.4. The third kappa shape index (κ3) is 6.82. The van der Waals surface area contributed by atoms with Crippen molar-refractivity contribution in [1.29, 1.82) is 0 Å². The molecule has 3 aromatic carbocycles. The Balaban J connectivity index is 1.46. The van der Waals surface area contributed by atoms with E-state index in [4.69, 9.17) is 12.2 Å². The average Bonchev–Trinajstić information content (AvgIpc) is 3.37. The van der Waals surface area contributed by atoms with Crippen molar-refractivity contribution in [3.63, 3.8) is 0 Å². The van der Waals surface area contributed by atoms with E-state index in [9.17, 15) is 13.2 Å². The Hall–Kier alpha value is -4.45. The van der Waals surface area contributed by atoms with Crippen molar-refractivity contribution in [2.24, 2.45) is 5.10 Å². The minimum Gasteiger partial charge on any atom is -0.406 e.